The highest BCUT2D eigenvalue weighted by Gasteiger charge is 2.19. The number of carbonyl (C=O) groups is 1. The molecular formula is C19H24N2O4S. The van der Waals surface area contributed by atoms with E-state index in [0.29, 0.717) is 5.69 Å². The number of amides is 1. The van der Waals surface area contributed by atoms with Crippen molar-refractivity contribution >= 4 is 21.6 Å². The molecule has 1 amide bonds. The molecule has 0 heterocycles. The van der Waals surface area contributed by atoms with Crippen molar-refractivity contribution in [3.8, 4) is 0 Å². The Morgan fingerprint density at radius 1 is 1.04 bits per heavy atom. The van der Waals surface area contributed by atoms with Crippen LogP contribution in [0, 0.1) is 6.92 Å². The summed E-state index contributed by atoms with van der Waals surface area (Å²) < 4.78 is 27.3. The number of aliphatic hydroxyl groups excluding tert-OH is 1. The number of anilines is 1. The molecule has 2 aromatic carbocycles. The first-order valence-corrected chi connectivity index (χ1v) is 9.70. The molecule has 2 aromatic rings. The van der Waals surface area contributed by atoms with Crippen LogP contribution in [-0.4, -0.2) is 31.6 Å². The van der Waals surface area contributed by atoms with Crippen LogP contribution in [0.15, 0.2) is 53.4 Å². The van der Waals surface area contributed by atoms with Crippen molar-refractivity contribution in [2.75, 3.05) is 11.3 Å². The highest BCUT2D eigenvalue weighted by atomic mass is 32.2. The Morgan fingerprint density at radius 2 is 1.62 bits per heavy atom. The van der Waals surface area contributed by atoms with E-state index in [4.69, 9.17) is 0 Å². The van der Waals surface area contributed by atoms with E-state index >= 15 is 0 Å². The second kappa shape index (κ2) is 7.88. The van der Waals surface area contributed by atoms with Gasteiger partial charge in [0.05, 0.1) is 23.5 Å². The zero-order chi connectivity index (χ0) is 19.4. The van der Waals surface area contributed by atoms with E-state index in [-0.39, 0.29) is 23.8 Å². The molecule has 0 aliphatic rings. The summed E-state index contributed by atoms with van der Waals surface area (Å²) in [6.45, 7) is 5.19. The summed E-state index contributed by atoms with van der Waals surface area (Å²) in [7, 11) is -3.65. The van der Waals surface area contributed by atoms with Gasteiger partial charge in [0, 0.05) is 5.69 Å². The molecule has 0 saturated carbocycles. The minimum atomic E-state index is -3.65. The maximum Gasteiger partial charge on any atom is 0.261 e. The van der Waals surface area contributed by atoms with Crippen molar-refractivity contribution in [2.45, 2.75) is 37.6 Å². The Balaban J connectivity index is 2.03. The second-order valence-electron chi connectivity index (χ2n) is 6.88. The maximum absolute atomic E-state index is 12.4. The number of carbonyl (C=O) groups excluding carboxylic acids is 1. The quantitative estimate of drug-likeness (QED) is 0.690. The van der Waals surface area contributed by atoms with Gasteiger partial charge in [-0.25, -0.2) is 8.42 Å². The van der Waals surface area contributed by atoms with Gasteiger partial charge in [0.25, 0.3) is 10.0 Å². The van der Waals surface area contributed by atoms with Crippen LogP contribution in [0.3, 0.4) is 0 Å². The molecule has 0 bridgehead atoms. The highest BCUT2D eigenvalue weighted by molar-refractivity contribution is 7.92. The Labute approximate surface area is 154 Å². The third-order valence-electron chi connectivity index (χ3n) is 3.78. The average molecular weight is 376 g/mol. The first-order valence-electron chi connectivity index (χ1n) is 8.22. The van der Waals surface area contributed by atoms with Crippen LogP contribution in [-0.2, 0) is 21.2 Å². The monoisotopic (exact) mass is 376 g/mol. The second-order valence-corrected chi connectivity index (χ2v) is 8.56. The van der Waals surface area contributed by atoms with Crippen molar-refractivity contribution in [3.05, 3.63) is 59.7 Å². The molecule has 0 aliphatic carbocycles. The molecule has 0 saturated heterocycles. The minimum absolute atomic E-state index is 0.147. The van der Waals surface area contributed by atoms with Gasteiger partial charge in [-0.1, -0.05) is 29.8 Å². The zero-order valence-electron chi connectivity index (χ0n) is 15.1. The minimum Gasteiger partial charge on any atom is -0.394 e. The molecule has 140 valence electrons. The lowest BCUT2D eigenvalue weighted by Crippen LogP contribution is -2.46. The standard InChI is InChI=1S/C19H24N2O4S/c1-14-4-10-17(11-5-14)26(24,25)21-16-8-6-15(7-9-16)12-18(23)20-19(2,3)13-22/h4-11,21-22H,12-13H2,1-3H3,(H,20,23). The molecule has 0 aliphatic heterocycles. The Hall–Kier alpha value is -2.38. The number of rotatable bonds is 7. The van der Waals surface area contributed by atoms with Gasteiger partial charge in [-0.2, -0.15) is 0 Å². The van der Waals surface area contributed by atoms with E-state index in [0.717, 1.165) is 11.1 Å². The van der Waals surface area contributed by atoms with Gasteiger partial charge in [-0.15, -0.1) is 0 Å². The lowest BCUT2D eigenvalue weighted by molar-refractivity contribution is -0.122. The number of sulfonamides is 1. The number of aryl methyl sites for hydroxylation is 1. The predicted octanol–water partition coefficient (Wildman–Crippen LogP) is 2.23. The SMILES string of the molecule is Cc1ccc(S(=O)(=O)Nc2ccc(CC(=O)NC(C)(C)CO)cc2)cc1. The topological polar surface area (TPSA) is 95.5 Å². The summed E-state index contributed by atoms with van der Waals surface area (Å²) >= 11 is 0. The predicted molar refractivity (Wildman–Crippen MR) is 101 cm³/mol. The molecule has 6 nitrogen and oxygen atoms in total. The first-order chi connectivity index (χ1) is 12.1. The van der Waals surface area contributed by atoms with Crippen molar-refractivity contribution in [1.29, 1.82) is 0 Å². The number of benzene rings is 2. The summed E-state index contributed by atoms with van der Waals surface area (Å²) in [5.74, 6) is -0.211. The van der Waals surface area contributed by atoms with Crippen LogP contribution in [0.4, 0.5) is 5.69 Å². The third kappa shape index (κ3) is 5.57. The van der Waals surface area contributed by atoms with Crippen LogP contribution in [0.2, 0.25) is 0 Å². The number of aliphatic hydroxyl groups is 1. The first kappa shape index (κ1) is 19.9. The largest absolute Gasteiger partial charge is 0.394 e. The summed E-state index contributed by atoms with van der Waals surface area (Å²) in [6.07, 6.45) is 0.147. The van der Waals surface area contributed by atoms with Crippen molar-refractivity contribution in [2.24, 2.45) is 0 Å². The van der Waals surface area contributed by atoms with Crippen LogP contribution in [0.1, 0.15) is 25.0 Å². The lowest BCUT2D eigenvalue weighted by atomic mass is 10.1. The van der Waals surface area contributed by atoms with Gasteiger partial charge in [-0.05, 0) is 50.6 Å². The molecular weight excluding hydrogens is 352 g/mol. The van der Waals surface area contributed by atoms with Crippen molar-refractivity contribution in [1.82, 2.24) is 5.32 Å². The Kier molecular flexibility index (Phi) is 6.05. The fourth-order valence-corrected chi connectivity index (χ4v) is 3.33. The summed E-state index contributed by atoms with van der Waals surface area (Å²) in [5, 5.41) is 11.9. The molecule has 0 spiro atoms. The third-order valence-corrected chi connectivity index (χ3v) is 5.17. The van der Waals surface area contributed by atoms with E-state index in [2.05, 4.69) is 10.0 Å². The number of nitrogens with one attached hydrogen (secondary N) is 2. The van der Waals surface area contributed by atoms with E-state index < -0.39 is 15.6 Å². The van der Waals surface area contributed by atoms with Gasteiger partial charge in [0.1, 0.15) is 0 Å². The van der Waals surface area contributed by atoms with Crippen molar-refractivity contribution in [3.63, 3.8) is 0 Å². The maximum atomic E-state index is 12.4. The normalized spacial score (nSPS) is 11.8. The van der Waals surface area contributed by atoms with Gasteiger partial charge in [0.15, 0.2) is 0 Å². The van der Waals surface area contributed by atoms with E-state index in [1.807, 2.05) is 6.92 Å². The molecule has 0 atom stereocenters. The summed E-state index contributed by atoms with van der Waals surface area (Å²) in [5.41, 5.74) is 1.47. The fourth-order valence-electron chi connectivity index (χ4n) is 2.27. The molecule has 2 rings (SSSR count). The Morgan fingerprint density at radius 3 is 2.15 bits per heavy atom. The molecule has 0 aromatic heterocycles. The van der Waals surface area contributed by atoms with E-state index in [1.165, 1.54) is 0 Å². The van der Waals surface area contributed by atoms with Crippen LogP contribution < -0.4 is 10.0 Å². The number of hydrogen-bond acceptors (Lipinski definition) is 4. The Bertz CT molecular complexity index is 857. The summed E-state index contributed by atoms with van der Waals surface area (Å²) in [4.78, 5) is 12.2. The smallest absolute Gasteiger partial charge is 0.261 e. The molecule has 3 N–H and O–H groups in total. The summed E-state index contributed by atoms with van der Waals surface area (Å²) in [6, 6.07) is 13.2. The van der Waals surface area contributed by atoms with Crippen molar-refractivity contribution < 1.29 is 18.3 Å². The fraction of sp³-hybridized carbons (Fsp3) is 0.316. The van der Waals surface area contributed by atoms with E-state index in [1.54, 1.807) is 62.4 Å². The molecule has 0 unspecified atom stereocenters. The van der Waals surface area contributed by atoms with Crippen LogP contribution in [0.25, 0.3) is 0 Å². The number of hydrogen-bond donors (Lipinski definition) is 3. The van der Waals surface area contributed by atoms with Gasteiger partial charge in [-0.3, -0.25) is 9.52 Å². The molecule has 0 fully saturated rings. The van der Waals surface area contributed by atoms with Crippen LogP contribution >= 0.6 is 0 Å². The molecule has 7 heteroatoms. The van der Waals surface area contributed by atoms with Gasteiger partial charge >= 0.3 is 0 Å². The molecule has 0 radical (unpaired) electrons. The van der Waals surface area contributed by atoms with Gasteiger partial charge in [0.2, 0.25) is 5.91 Å². The van der Waals surface area contributed by atoms with E-state index in [9.17, 15) is 18.3 Å². The molecule has 26 heavy (non-hydrogen) atoms. The lowest BCUT2D eigenvalue weighted by Gasteiger charge is -2.23. The highest BCUT2D eigenvalue weighted by Crippen LogP contribution is 2.17. The van der Waals surface area contributed by atoms with Crippen LogP contribution in [0.5, 0.6) is 0 Å². The zero-order valence-corrected chi connectivity index (χ0v) is 15.9. The average Bonchev–Trinajstić information content (AvgIpc) is 2.56. The van der Waals surface area contributed by atoms with Gasteiger partial charge < -0.3 is 10.4 Å².